The zero-order valence-corrected chi connectivity index (χ0v) is 16.5. The zero-order valence-electron chi connectivity index (χ0n) is 15.6. The largest absolute Gasteiger partial charge is 0.480 e. The van der Waals surface area contributed by atoms with E-state index in [4.69, 9.17) is 9.47 Å². The second-order valence-electron chi connectivity index (χ2n) is 6.19. The van der Waals surface area contributed by atoms with Gasteiger partial charge in [-0.1, -0.05) is 18.2 Å². The van der Waals surface area contributed by atoms with Gasteiger partial charge in [0.15, 0.2) is 5.82 Å². The molecule has 3 heterocycles. The number of methoxy groups -OCH3 is 2. The van der Waals surface area contributed by atoms with Gasteiger partial charge in [-0.15, -0.1) is 11.3 Å². The molecule has 7 nitrogen and oxygen atoms in total. The minimum absolute atomic E-state index is 0.215. The normalized spacial score (nSPS) is 11.1. The molecule has 0 saturated heterocycles. The number of nitrogens with one attached hydrogen (secondary N) is 1. The molecule has 0 unspecified atom stereocenters. The van der Waals surface area contributed by atoms with Crippen LogP contribution in [0.4, 0.5) is 5.69 Å². The van der Waals surface area contributed by atoms with E-state index in [1.165, 1.54) is 11.3 Å². The van der Waals surface area contributed by atoms with Gasteiger partial charge in [-0.2, -0.15) is 4.98 Å². The Balaban J connectivity index is 1.70. The number of pyridine rings is 1. The summed E-state index contributed by atoms with van der Waals surface area (Å²) in [6.45, 7) is 2.14. The van der Waals surface area contributed by atoms with Crippen LogP contribution < -0.4 is 10.1 Å². The Bertz CT molecular complexity index is 1190. The Morgan fingerprint density at radius 1 is 1.21 bits per heavy atom. The van der Waals surface area contributed by atoms with Crippen LogP contribution in [0.15, 0.2) is 36.5 Å². The van der Waals surface area contributed by atoms with Crippen LogP contribution in [0.25, 0.3) is 21.1 Å². The second kappa shape index (κ2) is 7.49. The van der Waals surface area contributed by atoms with Crippen molar-refractivity contribution in [3.05, 3.63) is 52.8 Å². The molecule has 0 radical (unpaired) electrons. The predicted octanol–water partition coefficient (Wildman–Crippen LogP) is 3.96. The van der Waals surface area contributed by atoms with E-state index in [1.54, 1.807) is 20.4 Å². The Morgan fingerprint density at radius 2 is 2.04 bits per heavy atom. The smallest absolute Gasteiger partial charge is 0.266 e. The molecule has 1 aromatic carbocycles. The van der Waals surface area contributed by atoms with Gasteiger partial charge in [-0.3, -0.25) is 9.78 Å². The molecule has 3 aromatic heterocycles. The number of nitrogens with zero attached hydrogens (tertiary/aromatic N) is 3. The number of benzene rings is 1. The van der Waals surface area contributed by atoms with Gasteiger partial charge in [0.1, 0.15) is 11.4 Å². The lowest BCUT2D eigenvalue weighted by Crippen LogP contribution is -2.11. The number of ether oxygens (including phenoxy) is 2. The Labute approximate surface area is 165 Å². The number of fused-ring (bicyclic) bond motifs is 2. The third-order valence-electron chi connectivity index (χ3n) is 4.32. The average Bonchev–Trinajstić information content (AvgIpc) is 3.04. The maximum Gasteiger partial charge on any atom is 0.266 e. The lowest BCUT2D eigenvalue weighted by molar-refractivity contribution is 0.103. The number of hydrogen-bond acceptors (Lipinski definition) is 7. The lowest BCUT2D eigenvalue weighted by atomic mass is 10.2. The van der Waals surface area contributed by atoms with Crippen molar-refractivity contribution >= 4 is 44.1 Å². The number of aromatic nitrogens is 3. The highest BCUT2D eigenvalue weighted by Crippen LogP contribution is 2.35. The molecule has 1 amide bonds. The first-order chi connectivity index (χ1) is 13.6. The minimum atomic E-state index is -0.215. The van der Waals surface area contributed by atoms with Gasteiger partial charge in [0.2, 0.25) is 5.88 Å². The van der Waals surface area contributed by atoms with Gasteiger partial charge in [0, 0.05) is 12.5 Å². The summed E-state index contributed by atoms with van der Waals surface area (Å²) in [6.07, 6.45) is 1.65. The van der Waals surface area contributed by atoms with Crippen molar-refractivity contribution in [2.75, 3.05) is 19.5 Å². The number of anilines is 1. The number of carbonyl (C=O) groups is 1. The summed E-state index contributed by atoms with van der Waals surface area (Å²) in [5.74, 6) is 0.740. The van der Waals surface area contributed by atoms with E-state index < -0.39 is 0 Å². The monoisotopic (exact) mass is 394 g/mol. The number of hydrogen-bond donors (Lipinski definition) is 1. The molecule has 0 aliphatic carbocycles. The van der Waals surface area contributed by atoms with Crippen molar-refractivity contribution in [3.63, 3.8) is 0 Å². The lowest BCUT2D eigenvalue weighted by Gasteiger charge is -2.06. The first-order valence-corrected chi connectivity index (χ1v) is 9.41. The molecular formula is C20H18N4O3S. The van der Waals surface area contributed by atoms with E-state index >= 15 is 0 Å². The molecule has 0 aliphatic heterocycles. The number of thiophene rings is 1. The number of carbonyl (C=O) groups excluding carboxylic acids is 1. The molecule has 8 heteroatoms. The Kier molecular flexibility index (Phi) is 4.89. The van der Waals surface area contributed by atoms with Gasteiger partial charge in [0.25, 0.3) is 5.91 Å². The molecule has 0 fully saturated rings. The van der Waals surface area contributed by atoms with Gasteiger partial charge in [-0.25, -0.2) is 4.98 Å². The zero-order chi connectivity index (χ0) is 19.7. The van der Waals surface area contributed by atoms with Crippen molar-refractivity contribution < 1.29 is 14.3 Å². The fourth-order valence-corrected chi connectivity index (χ4v) is 4.12. The van der Waals surface area contributed by atoms with Gasteiger partial charge < -0.3 is 14.8 Å². The quantitative estimate of drug-likeness (QED) is 0.551. The molecule has 28 heavy (non-hydrogen) atoms. The Morgan fingerprint density at radius 3 is 2.82 bits per heavy atom. The third kappa shape index (κ3) is 3.28. The van der Waals surface area contributed by atoms with E-state index in [2.05, 4.69) is 20.3 Å². The summed E-state index contributed by atoms with van der Waals surface area (Å²) >= 11 is 1.31. The van der Waals surface area contributed by atoms with Gasteiger partial charge in [-0.05, 0) is 24.6 Å². The highest BCUT2D eigenvalue weighted by atomic mass is 32.1. The molecule has 142 valence electrons. The summed E-state index contributed by atoms with van der Waals surface area (Å²) < 4.78 is 10.5. The molecule has 0 aliphatic rings. The molecule has 1 N–H and O–H groups in total. The fourth-order valence-electron chi connectivity index (χ4n) is 3.03. The summed E-state index contributed by atoms with van der Waals surface area (Å²) in [5.41, 5.74) is 2.30. The van der Waals surface area contributed by atoms with Gasteiger partial charge in [0.05, 0.1) is 34.8 Å². The van der Waals surface area contributed by atoms with Crippen LogP contribution in [0.5, 0.6) is 5.88 Å². The molecule has 0 saturated carbocycles. The van der Waals surface area contributed by atoms with Crippen molar-refractivity contribution in [2.24, 2.45) is 0 Å². The molecule has 4 aromatic rings. The number of rotatable bonds is 5. The summed E-state index contributed by atoms with van der Waals surface area (Å²) in [5, 5.41) is 4.63. The maximum atomic E-state index is 12.9. The van der Waals surface area contributed by atoms with Crippen LogP contribution in [0.2, 0.25) is 0 Å². The van der Waals surface area contributed by atoms with E-state index in [0.29, 0.717) is 27.1 Å². The summed E-state index contributed by atoms with van der Waals surface area (Å²) in [7, 11) is 3.13. The van der Waals surface area contributed by atoms with E-state index in [9.17, 15) is 4.79 Å². The molecular weight excluding hydrogens is 376 g/mol. The molecule has 0 bridgehead atoms. The maximum absolute atomic E-state index is 12.9. The van der Waals surface area contributed by atoms with Crippen LogP contribution in [0.3, 0.4) is 0 Å². The number of aryl methyl sites for hydroxylation is 1. The summed E-state index contributed by atoms with van der Waals surface area (Å²) in [4.78, 5) is 27.4. The van der Waals surface area contributed by atoms with Crippen LogP contribution in [0, 0.1) is 6.92 Å². The topological polar surface area (TPSA) is 86.2 Å². The van der Waals surface area contributed by atoms with Crippen molar-refractivity contribution in [3.8, 4) is 5.88 Å². The van der Waals surface area contributed by atoms with Gasteiger partial charge >= 0.3 is 0 Å². The molecule has 0 atom stereocenters. The fraction of sp³-hybridized carbons (Fsp3) is 0.200. The highest BCUT2D eigenvalue weighted by Gasteiger charge is 2.21. The first-order valence-electron chi connectivity index (χ1n) is 8.59. The van der Waals surface area contributed by atoms with Crippen LogP contribution in [-0.4, -0.2) is 35.1 Å². The van der Waals surface area contributed by atoms with Crippen LogP contribution in [0.1, 0.15) is 21.1 Å². The van der Waals surface area contributed by atoms with E-state index in [0.717, 1.165) is 21.9 Å². The standard InChI is InChI=1S/C20H18N4O3S/c1-11-16-19(27-3)23-15(10-26-2)24-20(16)28-17(11)18(25)22-13-8-12-6-4-5-7-14(12)21-9-13/h4-9H,10H2,1-3H3,(H,22,25). The first kappa shape index (κ1) is 18.3. The average molecular weight is 394 g/mol. The van der Waals surface area contributed by atoms with E-state index in [-0.39, 0.29) is 12.5 Å². The number of amides is 1. The van der Waals surface area contributed by atoms with Crippen LogP contribution >= 0.6 is 11.3 Å². The van der Waals surface area contributed by atoms with E-state index in [1.807, 2.05) is 37.3 Å². The summed E-state index contributed by atoms with van der Waals surface area (Å²) in [6, 6.07) is 9.66. The SMILES string of the molecule is COCc1nc(OC)c2c(C)c(C(=O)Nc3cnc4ccccc4c3)sc2n1. The molecule has 0 spiro atoms. The number of para-hydroxylation sites is 1. The predicted molar refractivity (Wildman–Crippen MR) is 109 cm³/mol. The van der Waals surface area contributed by atoms with Crippen molar-refractivity contribution in [2.45, 2.75) is 13.5 Å². The van der Waals surface area contributed by atoms with Crippen molar-refractivity contribution in [1.29, 1.82) is 0 Å². The Hall–Kier alpha value is -3.10. The second-order valence-corrected chi connectivity index (χ2v) is 7.19. The third-order valence-corrected chi connectivity index (χ3v) is 5.51. The highest BCUT2D eigenvalue weighted by molar-refractivity contribution is 7.20. The minimum Gasteiger partial charge on any atom is -0.480 e. The van der Waals surface area contributed by atoms with Crippen molar-refractivity contribution in [1.82, 2.24) is 15.0 Å². The molecule has 4 rings (SSSR count). The van der Waals surface area contributed by atoms with Crippen LogP contribution in [-0.2, 0) is 11.3 Å².